The van der Waals surface area contributed by atoms with Crippen molar-refractivity contribution in [1.29, 1.82) is 0 Å². The number of carbonyl (C=O) groups is 1. The summed E-state index contributed by atoms with van der Waals surface area (Å²) in [6.07, 6.45) is 0. The molecule has 0 fully saturated rings. The highest BCUT2D eigenvalue weighted by Gasteiger charge is 2.18. The third kappa shape index (κ3) is 3.74. The van der Waals surface area contributed by atoms with Gasteiger partial charge in [-0.3, -0.25) is 13.9 Å². The van der Waals surface area contributed by atoms with E-state index in [0.29, 0.717) is 19.6 Å². The van der Waals surface area contributed by atoms with E-state index in [0.717, 1.165) is 22.3 Å². The molecule has 0 atom stereocenters. The molecule has 6 nitrogen and oxygen atoms in total. The maximum absolute atomic E-state index is 12.9. The highest BCUT2D eigenvalue weighted by molar-refractivity contribution is 5.81. The molecule has 0 N–H and O–H groups in total. The van der Waals surface area contributed by atoms with E-state index in [2.05, 4.69) is 0 Å². The maximum atomic E-state index is 12.9. The molecule has 0 aliphatic heterocycles. The Kier molecular flexibility index (Phi) is 5.64. The topological polar surface area (TPSA) is 56.5 Å². The Labute approximate surface area is 158 Å². The number of aromatic nitrogens is 2. The summed E-state index contributed by atoms with van der Waals surface area (Å²) in [6.45, 7) is 5.56. The summed E-state index contributed by atoms with van der Waals surface area (Å²) in [5.74, 6) is 0.710. The van der Waals surface area contributed by atoms with Crippen molar-refractivity contribution in [3.63, 3.8) is 0 Å². The van der Waals surface area contributed by atoms with Gasteiger partial charge in [-0.15, -0.1) is 0 Å². The summed E-state index contributed by atoms with van der Waals surface area (Å²) in [5.41, 5.74) is 2.52. The van der Waals surface area contributed by atoms with Crippen molar-refractivity contribution in [3.8, 4) is 5.75 Å². The van der Waals surface area contributed by atoms with Crippen LogP contribution in [-0.2, 0) is 24.4 Å². The van der Waals surface area contributed by atoms with Crippen LogP contribution >= 0.6 is 0 Å². The van der Waals surface area contributed by atoms with E-state index in [-0.39, 0.29) is 18.1 Å². The minimum atomic E-state index is -0.146. The van der Waals surface area contributed by atoms with Crippen molar-refractivity contribution in [1.82, 2.24) is 14.0 Å². The minimum Gasteiger partial charge on any atom is -0.497 e. The van der Waals surface area contributed by atoms with Crippen molar-refractivity contribution in [3.05, 3.63) is 64.6 Å². The van der Waals surface area contributed by atoms with Gasteiger partial charge in [0.1, 0.15) is 12.3 Å². The number of ether oxygens (including phenoxy) is 1. The third-order valence-electron chi connectivity index (χ3n) is 4.80. The van der Waals surface area contributed by atoms with Gasteiger partial charge in [0.25, 0.3) is 0 Å². The number of hydrogen-bond donors (Lipinski definition) is 0. The number of likely N-dealkylation sites (N-methyl/N-ethyl adjacent to an activating group) is 1. The molecule has 2 aromatic carbocycles. The molecule has 0 aliphatic rings. The second-order valence-corrected chi connectivity index (χ2v) is 6.36. The van der Waals surface area contributed by atoms with E-state index in [4.69, 9.17) is 4.74 Å². The van der Waals surface area contributed by atoms with Gasteiger partial charge in [-0.05, 0) is 43.7 Å². The maximum Gasteiger partial charge on any atom is 0.329 e. The average Bonchev–Trinajstić information content (AvgIpc) is 2.97. The van der Waals surface area contributed by atoms with Crippen molar-refractivity contribution in [2.24, 2.45) is 0 Å². The predicted octanol–water partition coefficient (Wildman–Crippen LogP) is 2.88. The number of carbonyl (C=O) groups excluding carboxylic acids is 1. The Bertz CT molecular complexity index is 986. The molecule has 27 heavy (non-hydrogen) atoms. The third-order valence-corrected chi connectivity index (χ3v) is 4.80. The lowest BCUT2D eigenvalue weighted by molar-refractivity contribution is -0.132. The first-order valence-electron chi connectivity index (χ1n) is 9.17. The van der Waals surface area contributed by atoms with Gasteiger partial charge in [-0.2, -0.15) is 0 Å². The lowest BCUT2D eigenvalue weighted by Gasteiger charge is -2.21. The molecule has 1 aromatic heterocycles. The van der Waals surface area contributed by atoms with Gasteiger partial charge in [-0.25, -0.2) is 4.79 Å². The smallest absolute Gasteiger partial charge is 0.329 e. The van der Waals surface area contributed by atoms with Crippen LogP contribution in [0.15, 0.2) is 53.3 Å². The van der Waals surface area contributed by atoms with Crippen LogP contribution in [0.2, 0.25) is 0 Å². The molecule has 1 amide bonds. The first-order chi connectivity index (χ1) is 13.1. The number of para-hydroxylation sites is 2. The molecule has 3 aromatic rings. The van der Waals surface area contributed by atoms with Gasteiger partial charge in [0.05, 0.1) is 18.1 Å². The molecule has 0 radical (unpaired) electrons. The van der Waals surface area contributed by atoms with Crippen LogP contribution in [0.5, 0.6) is 5.75 Å². The zero-order chi connectivity index (χ0) is 19.4. The van der Waals surface area contributed by atoms with Crippen LogP contribution in [0.25, 0.3) is 11.0 Å². The fraction of sp³-hybridized carbons (Fsp3) is 0.333. The van der Waals surface area contributed by atoms with Crippen LogP contribution in [0.3, 0.4) is 0 Å². The molecule has 0 unspecified atom stereocenters. The van der Waals surface area contributed by atoms with E-state index in [9.17, 15) is 9.59 Å². The van der Waals surface area contributed by atoms with E-state index in [1.165, 1.54) is 0 Å². The molecule has 0 spiro atoms. The molecular weight excluding hydrogens is 342 g/mol. The molecule has 0 bridgehead atoms. The van der Waals surface area contributed by atoms with Crippen molar-refractivity contribution < 1.29 is 9.53 Å². The second kappa shape index (κ2) is 8.12. The van der Waals surface area contributed by atoms with Crippen LogP contribution in [-0.4, -0.2) is 33.6 Å². The van der Waals surface area contributed by atoms with E-state index >= 15 is 0 Å². The van der Waals surface area contributed by atoms with Gasteiger partial charge < -0.3 is 9.64 Å². The molecule has 142 valence electrons. The van der Waals surface area contributed by atoms with Crippen molar-refractivity contribution >= 4 is 16.9 Å². The molecular formula is C21H25N3O3. The molecule has 0 aliphatic carbocycles. The molecule has 3 rings (SSSR count). The quantitative estimate of drug-likeness (QED) is 0.645. The number of nitrogens with zero attached hydrogens (tertiary/aromatic N) is 3. The SMILES string of the molecule is CCN(Cc1ccc(OC)cc1)C(=O)Cn1c(=O)n(CC)c2ccccc21. The number of amides is 1. The minimum absolute atomic E-state index is 0.0380. The Balaban J connectivity index is 1.84. The number of imidazole rings is 1. The van der Waals surface area contributed by atoms with Crippen LogP contribution < -0.4 is 10.4 Å². The second-order valence-electron chi connectivity index (χ2n) is 6.36. The average molecular weight is 367 g/mol. The summed E-state index contributed by atoms with van der Waals surface area (Å²) in [5, 5.41) is 0. The van der Waals surface area contributed by atoms with Gasteiger partial charge in [-0.1, -0.05) is 24.3 Å². The predicted molar refractivity (Wildman–Crippen MR) is 106 cm³/mol. The van der Waals surface area contributed by atoms with Crippen LogP contribution in [0.1, 0.15) is 19.4 Å². The fourth-order valence-electron chi connectivity index (χ4n) is 3.29. The van der Waals surface area contributed by atoms with E-state index < -0.39 is 0 Å². The van der Waals surface area contributed by atoms with Gasteiger partial charge in [0.15, 0.2) is 0 Å². The van der Waals surface area contributed by atoms with Crippen LogP contribution in [0, 0.1) is 0 Å². The Morgan fingerprint density at radius 3 is 2.19 bits per heavy atom. The Hall–Kier alpha value is -3.02. The van der Waals surface area contributed by atoms with Crippen molar-refractivity contribution in [2.75, 3.05) is 13.7 Å². The lowest BCUT2D eigenvalue weighted by atomic mass is 10.2. The normalized spacial score (nSPS) is 10.9. The summed E-state index contributed by atoms with van der Waals surface area (Å²) in [6, 6.07) is 15.2. The standard InChI is InChI=1S/C21H25N3O3/c1-4-22(14-16-10-12-17(27-3)13-11-16)20(25)15-24-19-9-7-6-8-18(19)23(5-2)21(24)26/h6-13H,4-5,14-15H2,1-3H3. The van der Waals surface area contributed by atoms with Gasteiger partial charge in [0.2, 0.25) is 5.91 Å². The molecule has 0 saturated carbocycles. The Morgan fingerprint density at radius 2 is 1.63 bits per heavy atom. The first-order valence-corrected chi connectivity index (χ1v) is 9.17. The molecule has 0 saturated heterocycles. The zero-order valence-corrected chi connectivity index (χ0v) is 16.0. The summed E-state index contributed by atoms with van der Waals surface area (Å²) in [7, 11) is 1.63. The lowest BCUT2D eigenvalue weighted by Crippen LogP contribution is -2.36. The molecule has 1 heterocycles. The highest BCUT2D eigenvalue weighted by Crippen LogP contribution is 2.15. The largest absolute Gasteiger partial charge is 0.497 e. The van der Waals surface area contributed by atoms with Gasteiger partial charge >= 0.3 is 5.69 Å². The number of rotatable bonds is 7. The van der Waals surface area contributed by atoms with Crippen LogP contribution in [0.4, 0.5) is 0 Å². The first kappa shape index (κ1) is 18.8. The highest BCUT2D eigenvalue weighted by atomic mass is 16.5. The zero-order valence-electron chi connectivity index (χ0n) is 16.0. The number of benzene rings is 2. The summed E-state index contributed by atoms with van der Waals surface area (Å²) >= 11 is 0. The number of hydrogen-bond acceptors (Lipinski definition) is 3. The monoisotopic (exact) mass is 367 g/mol. The summed E-state index contributed by atoms with van der Waals surface area (Å²) < 4.78 is 8.44. The fourth-order valence-corrected chi connectivity index (χ4v) is 3.29. The van der Waals surface area contributed by atoms with Gasteiger partial charge in [0, 0.05) is 19.6 Å². The summed E-state index contributed by atoms with van der Waals surface area (Å²) in [4.78, 5) is 27.4. The Morgan fingerprint density at radius 1 is 1.00 bits per heavy atom. The molecule has 6 heteroatoms. The number of methoxy groups -OCH3 is 1. The van der Waals surface area contributed by atoms with E-state index in [1.54, 1.807) is 21.1 Å². The van der Waals surface area contributed by atoms with E-state index in [1.807, 2.05) is 62.4 Å². The number of fused-ring (bicyclic) bond motifs is 1. The number of aryl methyl sites for hydroxylation is 1. The van der Waals surface area contributed by atoms with Crippen molar-refractivity contribution in [2.45, 2.75) is 33.5 Å².